The SMILES string of the molecule is Cc1c(N)cc(S(=O)(=O)NC2CCCOC2)cc1Cl. The molecule has 0 amide bonds. The quantitative estimate of drug-likeness (QED) is 0.833. The lowest BCUT2D eigenvalue weighted by molar-refractivity contribution is 0.0774. The first-order valence-corrected chi connectivity index (χ1v) is 7.92. The van der Waals surface area contributed by atoms with Crippen molar-refractivity contribution in [2.45, 2.75) is 30.7 Å². The number of hydrogen-bond acceptors (Lipinski definition) is 4. The van der Waals surface area contributed by atoms with Gasteiger partial charge in [-0.1, -0.05) is 11.6 Å². The minimum atomic E-state index is -3.62. The summed E-state index contributed by atoms with van der Waals surface area (Å²) in [6.45, 7) is 2.83. The number of nitrogens with two attached hydrogens (primary N) is 1. The van der Waals surface area contributed by atoms with Crippen molar-refractivity contribution in [3.05, 3.63) is 22.7 Å². The Bertz CT molecular complexity index is 545. The Morgan fingerprint density at radius 1 is 1.47 bits per heavy atom. The van der Waals surface area contributed by atoms with Gasteiger partial charge in [0.1, 0.15) is 0 Å². The summed E-state index contributed by atoms with van der Waals surface area (Å²) >= 11 is 5.97. The van der Waals surface area contributed by atoms with E-state index in [1.807, 2.05) is 0 Å². The van der Waals surface area contributed by atoms with E-state index in [9.17, 15) is 8.42 Å². The van der Waals surface area contributed by atoms with Crippen molar-refractivity contribution < 1.29 is 13.2 Å². The number of benzene rings is 1. The normalized spacial score (nSPS) is 20.4. The van der Waals surface area contributed by atoms with Gasteiger partial charge in [-0.3, -0.25) is 0 Å². The van der Waals surface area contributed by atoms with Crippen molar-refractivity contribution in [3.63, 3.8) is 0 Å². The second-order valence-corrected chi connectivity index (χ2v) is 6.78. The van der Waals surface area contributed by atoms with Crippen LogP contribution in [0, 0.1) is 6.92 Å². The highest BCUT2D eigenvalue weighted by molar-refractivity contribution is 7.89. The van der Waals surface area contributed by atoms with E-state index in [0.717, 1.165) is 12.8 Å². The molecular formula is C12H17ClN2O3S. The van der Waals surface area contributed by atoms with Crippen molar-refractivity contribution in [2.75, 3.05) is 18.9 Å². The van der Waals surface area contributed by atoms with E-state index < -0.39 is 10.0 Å². The van der Waals surface area contributed by atoms with Gasteiger partial charge in [0, 0.05) is 23.4 Å². The van der Waals surface area contributed by atoms with E-state index in [4.69, 9.17) is 22.1 Å². The summed E-state index contributed by atoms with van der Waals surface area (Å²) in [6.07, 6.45) is 1.62. The van der Waals surface area contributed by atoms with E-state index in [1.165, 1.54) is 12.1 Å². The van der Waals surface area contributed by atoms with Crippen molar-refractivity contribution in [1.82, 2.24) is 4.72 Å². The Balaban J connectivity index is 2.24. The third-order valence-corrected chi connectivity index (χ3v) is 5.04. The summed E-state index contributed by atoms with van der Waals surface area (Å²) in [7, 11) is -3.62. The number of rotatable bonds is 3. The zero-order valence-corrected chi connectivity index (χ0v) is 12.2. The van der Waals surface area contributed by atoms with Gasteiger partial charge in [0.2, 0.25) is 10.0 Å². The van der Waals surface area contributed by atoms with Crippen LogP contribution in [0.25, 0.3) is 0 Å². The minimum Gasteiger partial charge on any atom is -0.398 e. The topological polar surface area (TPSA) is 81.4 Å². The third-order valence-electron chi connectivity index (χ3n) is 3.15. The molecule has 3 N–H and O–H groups in total. The van der Waals surface area contributed by atoms with Gasteiger partial charge >= 0.3 is 0 Å². The Morgan fingerprint density at radius 2 is 2.21 bits per heavy atom. The first-order valence-electron chi connectivity index (χ1n) is 6.06. The molecule has 1 heterocycles. The Labute approximate surface area is 118 Å². The maximum atomic E-state index is 12.2. The zero-order valence-electron chi connectivity index (χ0n) is 10.6. The average Bonchev–Trinajstić information content (AvgIpc) is 2.36. The Morgan fingerprint density at radius 3 is 2.79 bits per heavy atom. The van der Waals surface area contributed by atoms with Gasteiger partial charge < -0.3 is 10.5 Å². The highest BCUT2D eigenvalue weighted by atomic mass is 35.5. The second kappa shape index (κ2) is 5.66. The molecule has 0 saturated carbocycles. The molecule has 0 bridgehead atoms. The molecule has 1 aromatic carbocycles. The zero-order chi connectivity index (χ0) is 14.0. The standard InChI is InChI=1S/C12H17ClN2O3S/c1-8-11(13)5-10(6-12(8)14)19(16,17)15-9-3-2-4-18-7-9/h5-6,9,15H,2-4,7,14H2,1H3. The molecule has 19 heavy (non-hydrogen) atoms. The molecule has 1 fully saturated rings. The van der Waals surface area contributed by atoms with Crippen LogP contribution >= 0.6 is 11.6 Å². The van der Waals surface area contributed by atoms with Crippen LogP contribution in [0.4, 0.5) is 5.69 Å². The van der Waals surface area contributed by atoms with Crippen molar-refractivity contribution in [3.8, 4) is 0 Å². The van der Waals surface area contributed by atoms with E-state index in [0.29, 0.717) is 29.5 Å². The van der Waals surface area contributed by atoms with Crippen LogP contribution in [0.1, 0.15) is 18.4 Å². The molecule has 2 rings (SSSR count). The van der Waals surface area contributed by atoms with Gasteiger partial charge in [0.25, 0.3) is 0 Å². The largest absolute Gasteiger partial charge is 0.398 e. The number of nitrogen functional groups attached to an aromatic ring is 1. The number of anilines is 1. The lowest BCUT2D eigenvalue weighted by atomic mass is 10.1. The van der Waals surface area contributed by atoms with Crippen molar-refractivity contribution in [1.29, 1.82) is 0 Å². The molecule has 106 valence electrons. The molecule has 0 aliphatic carbocycles. The van der Waals surface area contributed by atoms with Gasteiger partial charge in [0.15, 0.2) is 0 Å². The summed E-state index contributed by atoms with van der Waals surface area (Å²) in [5.41, 5.74) is 6.80. The molecule has 7 heteroatoms. The van der Waals surface area contributed by atoms with Crippen LogP contribution in [-0.4, -0.2) is 27.7 Å². The molecule has 5 nitrogen and oxygen atoms in total. The van der Waals surface area contributed by atoms with Crippen molar-refractivity contribution >= 4 is 27.3 Å². The first kappa shape index (κ1) is 14.6. The van der Waals surface area contributed by atoms with Crippen molar-refractivity contribution in [2.24, 2.45) is 0 Å². The van der Waals surface area contributed by atoms with Crippen LogP contribution in [-0.2, 0) is 14.8 Å². The highest BCUT2D eigenvalue weighted by Crippen LogP contribution is 2.26. The average molecular weight is 305 g/mol. The molecule has 1 aromatic rings. The predicted octanol–water partition coefficient (Wildman–Crippen LogP) is 1.69. The molecule has 1 saturated heterocycles. The molecule has 0 radical (unpaired) electrons. The summed E-state index contributed by atoms with van der Waals surface area (Å²) in [5.74, 6) is 0. The molecule has 0 spiro atoms. The highest BCUT2D eigenvalue weighted by Gasteiger charge is 2.23. The minimum absolute atomic E-state index is 0.0890. The maximum Gasteiger partial charge on any atom is 0.241 e. The summed E-state index contributed by atoms with van der Waals surface area (Å²) < 4.78 is 32.3. The number of halogens is 1. The lowest BCUT2D eigenvalue weighted by Gasteiger charge is -2.23. The fourth-order valence-corrected chi connectivity index (χ4v) is 3.56. The predicted molar refractivity (Wildman–Crippen MR) is 74.8 cm³/mol. The second-order valence-electron chi connectivity index (χ2n) is 4.65. The fraction of sp³-hybridized carbons (Fsp3) is 0.500. The molecule has 1 aliphatic heterocycles. The molecule has 1 aliphatic rings. The number of ether oxygens (including phenoxy) is 1. The van der Waals surface area contributed by atoms with E-state index in [1.54, 1.807) is 6.92 Å². The monoisotopic (exact) mass is 304 g/mol. The Kier molecular flexibility index (Phi) is 4.35. The number of sulfonamides is 1. The Hall–Kier alpha value is -0.820. The van der Waals surface area contributed by atoms with Gasteiger partial charge in [-0.05, 0) is 37.5 Å². The van der Waals surface area contributed by atoms with Gasteiger partial charge in [-0.15, -0.1) is 0 Å². The van der Waals surface area contributed by atoms with E-state index in [2.05, 4.69) is 4.72 Å². The summed E-state index contributed by atoms with van der Waals surface area (Å²) in [4.78, 5) is 0.0890. The van der Waals surface area contributed by atoms with E-state index >= 15 is 0 Å². The van der Waals surface area contributed by atoms with Crippen LogP contribution in [0.15, 0.2) is 17.0 Å². The number of hydrogen-bond donors (Lipinski definition) is 2. The first-order chi connectivity index (χ1) is 8.90. The molecule has 0 aromatic heterocycles. The fourth-order valence-electron chi connectivity index (χ4n) is 1.95. The van der Waals surface area contributed by atoms with Crippen LogP contribution in [0.5, 0.6) is 0 Å². The summed E-state index contributed by atoms with van der Waals surface area (Å²) in [6, 6.07) is 2.65. The third kappa shape index (κ3) is 3.39. The summed E-state index contributed by atoms with van der Waals surface area (Å²) in [5, 5.41) is 0.347. The number of nitrogens with one attached hydrogen (secondary N) is 1. The molecule has 1 atom stereocenters. The lowest BCUT2D eigenvalue weighted by Crippen LogP contribution is -2.40. The van der Waals surface area contributed by atoms with Gasteiger partial charge in [0.05, 0.1) is 11.5 Å². The molecular weight excluding hydrogens is 288 g/mol. The van der Waals surface area contributed by atoms with Gasteiger partial charge in [-0.25, -0.2) is 13.1 Å². The van der Waals surface area contributed by atoms with Crippen LogP contribution < -0.4 is 10.5 Å². The smallest absolute Gasteiger partial charge is 0.241 e. The van der Waals surface area contributed by atoms with E-state index in [-0.39, 0.29) is 10.9 Å². The van der Waals surface area contributed by atoms with Gasteiger partial charge in [-0.2, -0.15) is 0 Å². The molecule has 1 unspecified atom stereocenters. The van der Waals surface area contributed by atoms with Crippen LogP contribution in [0.3, 0.4) is 0 Å². The van der Waals surface area contributed by atoms with Crippen LogP contribution in [0.2, 0.25) is 5.02 Å². The maximum absolute atomic E-state index is 12.2.